The van der Waals surface area contributed by atoms with Crippen molar-refractivity contribution in [3.63, 3.8) is 0 Å². The highest BCUT2D eigenvalue weighted by molar-refractivity contribution is 5.83. The van der Waals surface area contributed by atoms with Crippen LogP contribution in [0, 0.1) is 0 Å². The SMILES string of the molecule is CCOC(=O)C(/C=C/CO)NC(=O)OC(C)(C)C. The molecule has 0 aliphatic carbocycles. The summed E-state index contributed by atoms with van der Waals surface area (Å²) in [4.78, 5) is 23.0. The first kappa shape index (κ1) is 16.4. The third-order valence-corrected chi connectivity index (χ3v) is 1.65. The van der Waals surface area contributed by atoms with Crippen LogP contribution in [-0.2, 0) is 14.3 Å². The van der Waals surface area contributed by atoms with Crippen LogP contribution in [-0.4, -0.2) is 42.0 Å². The summed E-state index contributed by atoms with van der Waals surface area (Å²) < 4.78 is 9.81. The fourth-order valence-corrected chi connectivity index (χ4v) is 1.05. The van der Waals surface area contributed by atoms with Gasteiger partial charge in [-0.15, -0.1) is 0 Å². The van der Waals surface area contributed by atoms with E-state index in [1.165, 1.54) is 12.2 Å². The number of esters is 1. The number of rotatable bonds is 5. The molecule has 0 aromatic carbocycles. The van der Waals surface area contributed by atoms with Crippen LogP contribution in [0.4, 0.5) is 4.79 Å². The summed E-state index contributed by atoms with van der Waals surface area (Å²) in [5.74, 6) is -0.604. The predicted molar refractivity (Wildman–Crippen MR) is 66.0 cm³/mol. The largest absolute Gasteiger partial charge is 0.464 e. The second kappa shape index (κ2) is 7.71. The molecular weight excluding hydrogens is 238 g/mol. The van der Waals surface area contributed by atoms with E-state index in [1.807, 2.05) is 0 Å². The lowest BCUT2D eigenvalue weighted by atomic mass is 10.2. The number of ether oxygens (including phenoxy) is 2. The molecule has 6 nitrogen and oxygen atoms in total. The molecule has 0 rings (SSSR count). The van der Waals surface area contributed by atoms with E-state index in [2.05, 4.69) is 5.32 Å². The number of carbonyl (C=O) groups is 2. The van der Waals surface area contributed by atoms with Crippen molar-refractivity contribution in [3.05, 3.63) is 12.2 Å². The van der Waals surface area contributed by atoms with Gasteiger partial charge in [0.15, 0.2) is 0 Å². The molecule has 0 saturated heterocycles. The summed E-state index contributed by atoms with van der Waals surface area (Å²) in [6.45, 7) is 6.79. The molecule has 0 aliphatic heterocycles. The lowest BCUT2D eigenvalue weighted by Gasteiger charge is -2.21. The highest BCUT2D eigenvalue weighted by Crippen LogP contribution is 2.07. The smallest absolute Gasteiger partial charge is 0.408 e. The Hall–Kier alpha value is -1.56. The third kappa shape index (κ3) is 7.67. The van der Waals surface area contributed by atoms with Crippen molar-refractivity contribution in [2.75, 3.05) is 13.2 Å². The summed E-state index contributed by atoms with van der Waals surface area (Å²) in [6, 6.07) is -0.966. The molecule has 2 N–H and O–H groups in total. The highest BCUT2D eigenvalue weighted by atomic mass is 16.6. The zero-order valence-electron chi connectivity index (χ0n) is 11.2. The van der Waals surface area contributed by atoms with Crippen molar-refractivity contribution in [2.45, 2.75) is 39.3 Å². The number of carbonyl (C=O) groups excluding carboxylic acids is 2. The molecule has 0 radical (unpaired) electrons. The van der Waals surface area contributed by atoms with E-state index in [1.54, 1.807) is 27.7 Å². The first-order valence-electron chi connectivity index (χ1n) is 5.73. The van der Waals surface area contributed by atoms with Crippen LogP contribution in [0.5, 0.6) is 0 Å². The van der Waals surface area contributed by atoms with Crippen molar-refractivity contribution >= 4 is 12.1 Å². The van der Waals surface area contributed by atoms with Crippen LogP contribution in [0.2, 0.25) is 0 Å². The van der Waals surface area contributed by atoms with Crippen LogP contribution in [0.25, 0.3) is 0 Å². The van der Waals surface area contributed by atoms with Gasteiger partial charge in [-0.05, 0) is 27.7 Å². The monoisotopic (exact) mass is 259 g/mol. The molecule has 104 valence electrons. The van der Waals surface area contributed by atoms with Crippen LogP contribution >= 0.6 is 0 Å². The maximum atomic E-state index is 11.5. The minimum atomic E-state index is -0.966. The van der Waals surface area contributed by atoms with E-state index < -0.39 is 23.7 Å². The Balaban J connectivity index is 4.54. The fourth-order valence-electron chi connectivity index (χ4n) is 1.05. The lowest BCUT2D eigenvalue weighted by molar-refractivity contribution is -0.144. The number of hydrogen-bond acceptors (Lipinski definition) is 5. The van der Waals surface area contributed by atoms with E-state index in [9.17, 15) is 9.59 Å². The van der Waals surface area contributed by atoms with Crippen molar-refractivity contribution in [1.29, 1.82) is 0 Å². The Morgan fingerprint density at radius 1 is 1.39 bits per heavy atom. The molecule has 18 heavy (non-hydrogen) atoms. The van der Waals surface area contributed by atoms with Crippen molar-refractivity contribution in [2.24, 2.45) is 0 Å². The summed E-state index contributed by atoms with van der Waals surface area (Å²) in [6.07, 6.45) is 1.98. The van der Waals surface area contributed by atoms with E-state index in [0.717, 1.165) is 0 Å². The van der Waals surface area contributed by atoms with Gasteiger partial charge in [0.2, 0.25) is 0 Å². The van der Waals surface area contributed by atoms with E-state index in [-0.39, 0.29) is 13.2 Å². The second-order valence-corrected chi connectivity index (χ2v) is 4.49. The first-order chi connectivity index (χ1) is 8.30. The Labute approximate surface area is 107 Å². The maximum absolute atomic E-state index is 11.5. The van der Waals surface area contributed by atoms with Gasteiger partial charge in [0.05, 0.1) is 13.2 Å². The Bertz CT molecular complexity index is 306. The normalized spacial score (nSPS) is 13.2. The zero-order valence-corrected chi connectivity index (χ0v) is 11.2. The van der Waals surface area contributed by atoms with Gasteiger partial charge in [0, 0.05) is 0 Å². The van der Waals surface area contributed by atoms with Gasteiger partial charge in [-0.25, -0.2) is 9.59 Å². The average Bonchev–Trinajstić information content (AvgIpc) is 2.21. The molecule has 0 bridgehead atoms. The molecule has 0 fully saturated rings. The number of hydrogen-bond donors (Lipinski definition) is 2. The summed E-state index contributed by atoms with van der Waals surface area (Å²) >= 11 is 0. The number of aliphatic hydroxyl groups is 1. The number of nitrogens with one attached hydrogen (secondary N) is 1. The number of alkyl carbamates (subject to hydrolysis) is 1. The van der Waals surface area contributed by atoms with Gasteiger partial charge < -0.3 is 19.9 Å². The third-order valence-electron chi connectivity index (χ3n) is 1.65. The van der Waals surface area contributed by atoms with E-state index in [0.29, 0.717) is 0 Å². The Morgan fingerprint density at radius 3 is 2.44 bits per heavy atom. The van der Waals surface area contributed by atoms with E-state index in [4.69, 9.17) is 14.6 Å². The highest BCUT2D eigenvalue weighted by Gasteiger charge is 2.23. The average molecular weight is 259 g/mol. The fraction of sp³-hybridized carbons (Fsp3) is 0.667. The molecule has 0 saturated carbocycles. The quantitative estimate of drug-likeness (QED) is 0.568. The van der Waals surface area contributed by atoms with Crippen LogP contribution < -0.4 is 5.32 Å². The molecule has 1 unspecified atom stereocenters. The Kier molecular flexibility index (Phi) is 7.04. The molecular formula is C12H21NO5. The summed E-state index contributed by atoms with van der Waals surface area (Å²) in [7, 11) is 0. The Morgan fingerprint density at radius 2 is 2.00 bits per heavy atom. The molecule has 1 amide bonds. The summed E-state index contributed by atoms with van der Waals surface area (Å²) in [5, 5.41) is 11.0. The molecule has 0 heterocycles. The van der Waals surface area contributed by atoms with Gasteiger partial charge in [-0.1, -0.05) is 12.2 Å². The lowest BCUT2D eigenvalue weighted by Crippen LogP contribution is -2.43. The van der Waals surface area contributed by atoms with Crippen LogP contribution in [0.3, 0.4) is 0 Å². The molecule has 1 atom stereocenters. The molecule has 0 aliphatic rings. The summed E-state index contributed by atoms with van der Waals surface area (Å²) in [5.41, 5.74) is -0.649. The first-order valence-corrected chi connectivity index (χ1v) is 5.73. The van der Waals surface area contributed by atoms with Crippen LogP contribution in [0.1, 0.15) is 27.7 Å². The van der Waals surface area contributed by atoms with E-state index >= 15 is 0 Å². The van der Waals surface area contributed by atoms with Gasteiger partial charge in [-0.3, -0.25) is 0 Å². The van der Waals surface area contributed by atoms with Gasteiger partial charge >= 0.3 is 12.1 Å². The minimum absolute atomic E-state index is 0.207. The molecule has 6 heteroatoms. The van der Waals surface area contributed by atoms with Crippen molar-refractivity contribution < 1.29 is 24.2 Å². The maximum Gasteiger partial charge on any atom is 0.408 e. The standard InChI is InChI=1S/C12H21NO5/c1-5-17-10(15)9(7-6-8-14)13-11(16)18-12(2,3)4/h6-7,9,14H,5,8H2,1-4H3,(H,13,16)/b7-6+. The van der Waals surface area contributed by atoms with Gasteiger partial charge in [0.1, 0.15) is 11.6 Å². The second-order valence-electron chi connectivity index (χ2n) is 4.49. The van der Waals surface area contributed by atoms with Crippen molar-refractivity contribution in [1.82, 2.24) is 5.32 Å². The number of aliphatic hydroxyl groups excluding tert-OH is 1. The minimum Gasteiger partial charge on any atom is -0.464 e. The zero-order chi connectivity index (χ0) is 14.2. The molecule has 0 aromatic rings. The predicted octanol–water partition coefficient (Wildman–Crippen LogP) is 0.991. The van der Waals surface area contributed by atoms with Crippen LogP contribution in [0.15, 0.2) is 12.2 Å². The van der Waals surface area contributed by atoms with Gasteiger partial charge in [0.25, 0.3) is 0 Å². The number of amides is 1. The van der Waals surface area contributed by atoms with Gasteiger partial charge in [-0.2, -0.15) is 0 Å². The molecule has 0 aromatic heterocycles. The topological polar surface area (TPSA) is 84.9 Å². The molecule has 0 spiro atoms. The van der Waals surface area contributed by atoms with Crippen molar-refractivity contribution in [3.8, 4) is 0 Å².